The van der Waals surface area contributed by atoms with Crippen LogP contribution in [0.2, 0.25) is 0 Å². The molecule has 2 amide bonds. The molecular formula is C27H32N2O6. The van der Waals surface area contributed by atoms with E-state index in [9.17, 15) is 14.4 Å². The van der Waals surface area contributed by atoms with Gasteiger partial charge in [-0.25, -0.2) is 9.59 Å². The highest BCUT2D eigenvalue weighted by atomic mass is 16.5. The van der Waals surface area contributed by atoms with Crippen LogP contribution in [0.5, 0.6) is 0 Å². The van der Waals surface area contributed by atoms with E-state index < -0.39 is 17.7 Å². The number of carboxylic acid groups (broad SMARTS) is 1. The number of nitrogens with zero attached hydrogens (tertiary/aromatic N) is 1. The Morgan fingerprint density at radius 3 is 2.29 bits per heavy atom. The van der Waals surface area contributed by atoms with Crippen LogP contribution in [-0.4, -0.2) is 66.4 Å². The first-order valence-electron chi connectivity index (χ1n) is 12.0. The highest BCUT2D eigenvalue weighted by Crippen LogP contribution is 2.44. The van der Waals surface area contributed by atoms with Crippen LogP contribution < -0.4 is 5.32 Å². The first-order valence-corrected chi connectivity index (χ1v) is 12.0. The zero-order chi connectivity index (χ0) is 25.0. The molecule has 0 bridgehead atoms. The summed E-state index contributed by atoms with van der Waals surface area (Å²) < 4.78 is 10.9. The van der Waals surface area contributed by atoms with Crippen LogP contribution in [0, 0.1) is 5.92 Å². The molecule has 4 rings (SSSR count). The Labute approximate surface area is 205 Å². The maximum Gasteiger partial charge on any atom is 0.407 e. The van der Waals surface area contributed by atoms with Crippen molar-refractivity contribution in [2.24, 2.45) is 5.92 Å². The fourth-order valence-electron chi connectivity index (χ4n) is 4.80. The minimum atomic E-state index is -1.02. The van der Waals surface area contributed by atoms with Crippen LogP contribution in [-0.2, 0) is 19.1 Å². The van der Waals surface area contributed by atoms with Crippen molar-refractivity contribution in [2.45, 2.75) is 38.2 Å². The van der Waals surface area contributed by atoms with E-state index in [0.717, 1.165) is 0 Å². The molecule has 1 aliphatic heterocycles. The minimum absolute atomic E-state index is 0.00869. The van der Waals surface area contributed by atoms with Crippen molar-refractivity contribution in [3.05, 3.63) is 59.7 Å². The molecule has 0 radical (unpaired) electrons. The molecule has 1 atom stereocenters. The van der Waals surface area contributed by atoms with E-state index in [1.54, 1.807) is 11.8 Å². The fourth-order valence-corrected chi connectivity index (χ4v) is 4.80. The number of hydrogen-bond acceptors (Lipinski definition) is 5. The van der Waals surface area contributed by atoms with Gasteiger partial charge in [-0.3, -0.25) is 4.79 Å². The van der Waals surface area contributed by atoms with Gasteiger partial charge in [0.05, 0.1) is 13.1 Å². The Morgan fingerprint density at radius 2 is 1.69 bits per heavy atom. The summed E-state index contributed by atoms with van der Waals surface area (Å²) in [6.07, 6.45) is 0.535. The summed E-state index contributed by atoms with van der Waals surface area (Å²) >= 11 is 0. The van der Waals surface area contributed by atoms with E-state index in [1.165, 1.54) is 22.3 Å². The van der Waals surface area contributed by atoms with E-state index in [-0.39, 0.29) is 31.0 Å². The lowest BCUT2D eigenvalue weighted by atomic mass is 9.95. The molecule has 8 heteroatoms. The summed E-state index contributed by atoms with van der Waals surface area (Å²) in [6.45, 7) is 4.90. The average molecular weight is 481 g/mol. The predicted octanol–water partition coefficient (Wildman–Crippen LogP) is 3.64. The largest absolute Gasteiger partial charge is 0.480 e. The Bertz CT molecular complexity index is 1050. The van der Waals surface area contributed by atoms with Gasteiger partial charge in [0.25, 0.3) is 0 Å². The molecule has 1 heterocycles. The first-order chi connectivity index (χ1) is 16.8. The van der Waals surface area contributed by atoms with Gasteiger partial charge in [-0.05, 0) is 41.5 Å². The molecule has 0 spiro atoms. The average Bonchev–Trinajstić information content (AvgIpc) is 3.15. The first kappa shape index (κ1) is 24.7. The third kappa shape index (κ3) is 5.82. The maximum atomic E-state index is 12.4. The van der Waals surface area contributed by atoms with Gasteiger partial charge < -0.3 is 24.8 Å². The lowest BCUT2D eigenvalue weighted by Crippen LogP contribution is -2.63. The molecule has 8 nitrogen and oxygen atoms in total. The minimum Gasteiger partial charge on any atom is -0.480 e. The second-order valence-corrected chi connectivity index (χ2v) is 9.73. The third-order valence-electron chi connectivity index (χ3n) is 6.74. The Hall–Kier alpha value is -3.39. The van der Waals surface area contributed by atoms with Crippen LogP contribution in [0.3, 0.4) is 0 Å². The van der Waals surface area contributed by atoms with E-state index in [1.807, 2.05) is 31.2 Å². The molecule has 2 N–H and O–H groups in total. The Morgan fingerprint density at radius 1 is 1.09 bits per heavy atom. The standard InChI is InChI=1S/C27H32N2O6/c1-18(11-12-24(30)29-16-27(2,17-29)35-15-25(31)32)13-28-26(33)34-14-23-21-9-5-3-7-19(21)20-8-4-6-10-22(20)23/h3-10,18,23H,11-17H2,1-2H3,(H,28,33)(H,31,32). The molecule has 1 unspecified atom stereocenters. The Kier molecular flexibility index (Phi) is 7.40. The number of fused-ring (bicyclic) bond motifs is 3. The number of amides is 2. The number of carbonyl (C=O) groups is 3. The second-order valence-electron chi connectivity index (χ2n) is 9.73. The van der Waals surface area contributed by atoms with Gasteiger partial charge in [0.1, 0.15) is 18.8 Å². The summed E-state index contributed by atoms with van der Waals surface area (Å²) in [5.41, 5.74) is 4.12. The lowest BCUT2D eigenvalue weighted by molar-refractivity contribution is -0.173. The molecule has 1 fully saturated rings. The van der Waals surface area contributed by atoms with Gasteiger partial charge in [0.15, 0.2) is 0 Å². The van der Waals surface area contributed by atoms with Crippen molar-refractivity contribution in [3.63, 3.8) is 0 Å². The fraction of sp³-hybridized carbons (Fsp3) is 0.444. The maximum absolute atomic E-state index is 12.4. The molecule has 1 aliphatic carbocycles. The molecule has 186 valence electrons. The summed E-state index contributed by atoms with van der Waals surface area (Å²) in [5.74, 6) is -0.886. The zero-order valence-electron chi connectivity index (χ0n) is 20.2. The highest BCUT2D eigenvalue weighted by molar-refractivity contribution is 5.79. The topological polar surface area (TPSA) is 105 Å². The summed E-state index contributed by atoms with van der Waals surface area (Å²) in [5, 5.41) is 11.5. The zero-order valence-corrected chi connectivity index (χ0v) is 20.2. The van der Waals surface area contributed by atoms with Crippen LogP contribution in [0.15, 0.2) is 48.5 Å². The molecular weight excluding hydrogens is 448 g/mol. The van der Waals surface area contributed by atoms with E-state index in [4.69, 9.17) is 14.6 Å². The van der Waals surface area contributed by atoms with E-state index >= 15 is 0 Å². The van der Waals surface area contributed by atoms with E-state index in [2.05, 4.69) is 29.6 Å². The number of hydrogen-bond donors (Lipinski definition) is 2. The summed E-state index contributed by atoms with van der Waals surface area (Å²) in [6, 6.07) is 16.4. The van der Waals surface area contributed by atoms with Gasteiger partial charge in [-0.1, -0.05) is 55.5 Å². The summed E-state index contributed by atoms with van der Waals surface area (Å²) in [7, 11) is 0. The number of likely N-dealkylation sites (tertiary alicyclic amines) is 1. The van der Waals surface area contributed by atoms with Gasteiger partial charge >= 0.3 is 12.1 Å². The third-order valence-corrected chi connectivity index (χ3v) is 6.74. The number of carboxylic acids is 1. The number of nitrogens with one attached hydrogen (secondary N) is 1. The highest BCUT2D eigenvalue weighted by Gasteiger charge is 2.42. The SMILES string of the molecule is CC(CCC(=O)N1CC(C)(OCC(=O)O)C1)CNC(=O)OCC1c2ccccc2-c2ccccc21. The number of rotatable bonds is 10. The number of benzene rings is 2. The van der Waals surface area contributed by atoms with Crippen LogP contribution in [0.4, 0.5) is 4.79 Å². The van der Waals surface area contributed by atoms with Crippen molar-refractivity contribution in [1.29, 1.82) is 0 Å². The van der Waals surface area contributed by atoms with Crippen LogP contribution in [0.1, 0.15) is 43.7 Å². The number of ether oxygens (including phenoxy) is 2. The molecule has 2 aromatic carbocycles. The molecule has 1 saturated heterocycles. The van der Waals surface area contributed by atoms with Gasteiger partial charge in [0.2, 0.25) is 5.91 Å². The van der Waals surface area contributed by atoms with Crippen molar-refractivity contribution in [1.82, 2.24) is 10.2 Å². The number of alkyl carbamates (subject to hydrolysis) is 1. The van der Waals surface area contributed by atoms with E-state index in [0.29, 0.717) is 32.5 Å². The predicted molar refractivity (Wildman–Crippen MR) is 130 cm³/mol. The van der Waals surface area contributed by atoms with Gasteiger partial charge in [0, 0.05) is 18.9 Å². The smallest absolute Gasteiger partial charge is 0.407 e. The summed E-state index contributed by atoms with van der Waals surface area (Å²) in [4.78, 5) is 37.1. The van der Waals surface area contributed by atoms with Crippen molar-refractivity contribution >= 4 is 18.0 Å². The van der Waals surface area contributed by atoms with Gasteiger partial charge in [-0.2, -0.15) is 0 Å². The number of aliphatic carboxylic acids is 1. The monoisotopic (exact) mass is 480 g/mol. The normalized spacial score (nSPS) is 16.6. The Balaban J connectivity index is 1.16. The lowest BCUT2D eigenvalue weighted by Gasteiger charge is -2.47. The van der Waals surface area contributed by atoms with Gasteiger partial charge in [-0.15, -0.1) is 0 Å². The molecule has 35 heavy (non-hydrogen) atoms. The number of carbonyl (C=O) groups excluding carboxylic acids is 2. The molecule has 2 aliphatic rings. The molecule has 2 aromatic rings. The van der Waals surface area contributed by atoms with Crippen molar-refractivity contribution in [2.75, 3.05) is 32.8 Å². The molecule has 0 saturated carbocycles. The van der Waals surface area contributed by atoms with Crippen LogP contribution in [0.25, 0.3) is 11.1 Å². The van der Waals surface area contributed by atoms with Crippen molar-refractivity contribution in [3.8, 4) is 11.1 Å². The van der Waals surface area contributed by atoms with Crippen LogP contribution >= 0.6 is 0 Å². The van der Waals surface area contributed by atoms with Crippen molar-refractivity contribution < 1.29 is 29.0 Å². The molecule has 0 aromatic heterocycles. The second kappa shape index (κ2) is 10.5. The quantitative estimate of drug-likeness (QED) is 0.538.